The first-order chi connectivity index (χ1) is 8.65. The normalized spacial score (nSPS) is 12.7. The Morgan fingerprint density at radius 2 is 1.89 bits per heavy atom. The second kappa shape index (κ2) is 8.25. The standard InChI is InChI=1S/C15H26N2O/c1-4-18-7-5-6-15(17-16)11-14-9-12(2)8-13(3)10-14/h8-10,15,17H,4-7,11,16H2,1-3H3. The van der Waals surface area contributed by atoms with Crippen LogP contribution in [-0.4, -0.2) is 19.3 Å². The molecule has 0 radical (unpaired) electrons. The van der Waals surface area contributed by atoms with Gasteiger partial charge < -0.3 is 4.74 Å². The molecule has 3 N–H and O–H groups in total. The zero-order chi connectivity index (χ0) is 13.4. The third kappa shape index (κ3) is 5.63. The number of hydrazine groups is 1. The van der Waals surface area contributed by atoms with E-state index < -0.39 is 0 Å². The van der Waals surface area contributed by atoms with E-state index >= 15 is 0 Å². The van der Waals surface area contributed by atoms with Gasteiger partial charge in [-0.3, -0.25) is 11.3 Å². The molecule has 1 rings (SSSR count). The molecule has 0 aromatic heterocycles. The van der Waals surface area contributed by atoms with Crippen LogP contribution in [0.1, 0.15) is 36.5 Å². The molecule has 1 aromatic rings. The van der Waals surface area contributed by atoms with E-state index in [1.165, 1.54) is 16.7 Å². The Balaban J connectivity index is 2.46. The van der Waals surface area contributed by atoms with Crippen molar-refractivity contribution in [2.24, 2.45) is 5.84 Å². The van der Waals surface area contributed by atoms with Crippen LogP contribution in [0, 0.1) is 13.8 Å². The molecule has 18 heavy (non-hydrogen) atoms. The van der Waals surface area contributed by atoms with Crippen molar-refractivity contribution in [2.75, 3.05) is 13.2 Å². The molecule has 1 unspecified atom stereocenters. The maximum absolute atomic E-state index is 5.62. The number of benzene rings is 1. The molecule has 1 atom stereocenters. The fraction of sp³-hybridized carbons (Fsp3) is 0.600. The highest BCUT2D eigenvalue weighted by atomic mass is 16.5. The summed E-state index contributed by atoms with van der Waals surface area (Å²) in [6.45, 7) is 7.90. The lowest BCUT2D eigenvalue weighted by Crippen LogP contribution is -2.37. The van der Waals surface area contributed by atoms with Crippen molar-refractivity contribution in [1.82, 2.24) is 5.43 Å². The molecule has 3 nitrogen and oxygen atoms in total. The smallest absolute Gasteiger partial charge is 0.0466 e. The summed E-state index contributed by atoms with van der Waals surface area (Å²) in [5.41, 5.74) is 6.89. The van der Waals surface area contributed by atoms with Gasteiger partial charge in [0.2, 0.25) is 0 Å². The average molecular weight is 250 g/mol. The summed E-state index contributed by atoms with van der Waals surface area (Å²) < 4.78 is 5.35. The molecule has 0 amide bonds. The lowest BCUT2D eigenvalue weighted by Gasteiger charge is -2.16. The first-order valence-corrected chi connectivity index (χ1v) is 6.76. The Morgan fingerprint density at radius 3 is 2.44 bits per heavy atom. The third-order valence-electron chi connectivity index (χ3n) is 3.04. The van der Waals surface area contributed by atoms with Crippen LogP contribution in [0.4, 0.5) is 0 Å². The number of hydrogen-bond donors (Lipinski definition) is 2. The van der Waals surface area contributed by atoms with Gasteiger partial charge in [0.25, 0.3) is 0 Å². The van der Waals surface area contributed by atoms with Crippen molar-refractivity contribution in [3.05, 3.63) is 34.9 Å². The van der Waals surface area contributed by atoms with Crippen molar-refractivity contribution in [2.45, 2.75) is 46.1 Å². The molecule has 3 heteroatoms. The minimum Gasteiger partial charge on any atom is -0.382 e. The van der Waals surface area contributed by atoms with E-state index in [1.54, 1.807) is 0 Å². The summed E-state index contributed by atoms with van der Waals surface area (Å²) in [4.78, 5) is 0. The summed E-state index contributed by atoms with van der Waals surface area (Å²) in [5, 5.41) is 0. The maximum atomic E-state index is 5.62. The number of nitrogens with two attached hydrogens (primary N) is 1. The van der Waals surface area contributed by atoms with Crippen LogP contribution in [0.5, 0.6) is 0 Å². The van der Waals surface area contributed by atoms with Gasteiger partial charge in [0, 0.05) is 19.3 Å². The van der Waals surface area contributed by atoms with Gasteiger partial charge in [0.15, 0.2) is 0 Å². The molecule has 0 saturated carbocycles. The highest BCUT2D eigenvalue weighted by molar-refractivity contribution is 5.29. The quantitative estimate of drug-likeness (QED) is 0.423. The highest BCUT2D eigenvalue weighted by Gasteiger charge is 2.08. The van der Waals surface area contributed by atoms with Crippen LogP contribution >= 0.6 is 0 Å². The van der Waals surface area contributed by atoms with E-state index in [-0.39, 0.29) is 0 Å². The second-order valence-corrected chi connectivity index (χ2v) is 4.90. The number of ether oxygens (including phenoxy) is 1. The van der Waals surface area contributed by atoms with E-state index in [9.17, 15) is 0 Å². The Morgan fingerprint density at radius 1 is 1.22 bits per heavy atom. The number of hydrogen-bond acceptors (Lipinski definition) is 3. The van der Waals surface area contributed by atoms with Gasteiger partial charge >= 0.3 is 0 Å². The molecular weight excluding hydrogens is 224 g/mol. The van der Waals surface area contributed by atoms with Gasteiger partial charge in [-0.25, -0.2) is 0 Å². The summed E-state index contributed by atoms with van der Waals surface area (Å²) >= 11 is 0. The molecule has 0 aliphatic rings. The van der Waals surface area contributed by atoms with Crippen LogP contribution in [0.3, 0.4) is 0 Å². The van der Waals surface area contributed by atoms with Gasteiger partial charge in [-0.1, -0.05) is 29.3 Å². The van der Waals surface area contributed by atoms with E-state index in [2.05, 4.69) is 37.5 Å². The minimum absolute atomic E-state index is 0.326. The molecular formula is C15H26N2O. The Kier molecular flexibility index (Phi) is 6.94. The van der Waals surface area contributed by atoms with Crippen molar-refractivity contribution in [3.8, 4) is 0 Å². The fourth-order valence-electron chi connectivity index (χ4n) is 2.29. The zero-order valence-electron chi connectivity index (χ0n) is 11.8. The van der Waals surface area contributed by atoms with E-state index in [1.807, 2.05) is 6.92 Å². The van der Waals surface area contributed by atoms with Crippen molar-refractivity contribution in [1.29, 1.82) is 0 Å². The first-order valence-electron chi connectivity index (χ1n) is 6.76. The Hall–Kier alpha value is -0.900. The largest absolute Gasteiger partial charge is 0.382 e. The van der Waals surface area contributed by atoms with Gasteiger partial charge in [-0.15, -0.1) is 0 Å². The van der Waals surface area contributed by atoms with E-state index in [0.29, 0.717) is 6.04 Å². The molecule has 0 heterocycles. The molecule has 0 spiro atoms. The summed E-state index contributed by atoms with van der Waals surface area (Å²) in [6.07, 6.45) is 3.07. The van der Waals surface area contributed by atoms with Crippen molar-refractivity contribution < 1.29 is 4.74 Å². The molecule has 0 fully saturated rings. The molecule has 0 aliphatic heterocycles. The molecule has 102 valence electrons. The van der Waals surface area contributed by atoms with Crippen LogP contribution in [0.15, 0.2) is 18.2 Å². The van der Waals surface area contributed by atoms with Gasteiger partial charge in [0.1, 0.15) is 0 Å². The molecule has 0 bridgehead atoms. The number of aryl methyl sites for hydroxylation is 2. The van der Waals surface area contributed by atoms with Crippen LogP contribution in [0.2, 0.25) is 0 Å². The summed E-state index contributed by atoms with van der Waals surface area (Å²) in [7, 11) is 0. The predicted octanol–water partition coefficient (Wildman–Crippen LogP) is 2.49. The van der Waals surface area contributed by atoms with Gasteiger partial charge in [-0.05, 0) is 45.6 Å². The topological polar surface area (TPSA) is 47.3 Å². The molecule has 0 saturated heterocycles. The van der Waals surface area contributed by atoms with Crippen molar-refractivity contribution in [3.63, 3.8) is 0 Å². The second-order valence-electron chi connectivity index (χ2n) is 4.90. The van der Waals surface area contributed by atoms with Crippen molar-refractivity contribution >= 4 is 0 Å². The molecule has 0 aliphatic carbocycles. The Bertz CT molecular complexity index is 332. The van der Waals surface area contributed by atoms with Gasteiger partial charge in [0.05, 0.1) is 0 Å². The van der Waals surface area contributed by atoms with E-state index in [0.717, 1.165) is 32.5 Å². The third-order valence-corrected chi connectivity index (χ3v) is 3.04. The van der Waals surface area contributed by atoms with Crippen LogP contribution in [-0.2, 0) is 11.2 Å². The van der Waals surface area contributed by atoms with Gasteiger partial charge in [-0.2, -0.15) is 0 Å². The SMILES string of the molecule is CCOCCCC(Cc1cc(C)cc(C)c1)NN. The first kappa shape index (κ1) is 15.2. The number of rotatable bonds is 8. The highest BCUT2D eigenvalue weighted by Crippen LogP contribution is 2.12. The lowest BCUT2D eigenvalue weighted by atomic mass is 9.99. The maximum Gasteiger partial charge on any atom is 0.0466 e. The van der Waals surface area contributed by atoms with Crippen LogP contribution < -0.4 is 11.3 Å². The number of nitrogens with one attached hydrogen (secondary N) is 1. The zero-order valence-corrected chi connectivity index (χ0v) is 11.8. The predicted molar refractivity (Wildman–Crippen MR) is 76.5 cm³/mol. The molecule has 1 aromatic carbocycles. The average Bonchev–Trinajstić information content (AvgIpc) is 2.32. The fourth-order valence-corrected chi connectivity index (χ4v) is 2.29. The summed E-state index contributed by atoms with van der Waals surface area (Å²) in [6, 6.07) is 7.00. The minimum atomic E-state index is 0.326. The monoisotopic (exact) mass is 250 g/mol. The Labute approximate surface area is 111 Å². The lowest BCUT2D eigenvalue weighted by molar-refractivity contribution is 0.140. The van der Waals surface area contributed by atoms with Crippen LogP contribution in [0.25, 0.3) is 0 Å². The van der Waals surface area contributed by atoms with E-state index in [4.69, 9.17) is 10.6 Å². The summed E-state index contributed by atoms with van der Waals surface area (Å²) in [5.74, 6) is 5.62.